The Kier molecular flexibility index (Phi) is 3.06. The van der Waals surface area contributed by atoms with Crippen LogP contribution in [0.15, 0.2) is 24.3 Å². The van der Waals surface area contributed by atoms with Crippen molar-refractivity contribution < 1.29 is 9.13 Å². The maximum Gasteiger partial charge on any atom is 0.133 e. The first-order valence-electron chi connectivity index (χ1n) is 5.80. The standard InChI is InChI=1S/C13H12ClFN2O/c14-13-11-8-18-5-4-12(11)16-17(13)7-9-2-1-3-10(15)6-9/h1-3,6H,4-5,7-8H2. The van der Waals surface area contributed by atoms with Gasteiger partial charge >= 0.3 is 0 Å². The van der Waals surface area contributed by atoms with E-state index in [9.17, 15) is 4.39 Å². The molecule has 0 fully saturated rings. The quantitative estimate of drug-likeness (QED) is 0.836. The number of halogens is 2. The minimum absolute atomic E-state index is 0.246. The Morgan fingerprint density at radius 1 is 1.44 bits per heavy atom. The van der Waals surface area contributed by atoms with Crippen LogP contribution in [0.1, 0.15) is 16.8 Å². The fourth-order valence-corrected chi connectivity index (χ4v) is 2.39. The van der Waals surface area contributed by atoms with Crippen LogP contribution in [0.5, 0.6) is 0 Å². The maximum atomic E-state index is 13.1. The molecule has 3 nitrogen and oxygen atoms in total. The first-order valence-corrected chi connectivity index (χ1v) is 6.18. The molecule has 0 atom stereocenters. The fourth-order valence-electron chi connectivity index (χ4n) is 2.12. The van der Waals surface area contributed by atoms with E-state index in [4.69, 9.17) is 16.3 Å². The number of rotatable bonds is 2. The van der Waals surface area contributed by atoms with E-state index in [2.05, 4.69) is 5.10 Å². The summed E-state index contributed by atoms with van der Waals surface area (Å²) < 4.78 is 20.2. The number of ether oxygens (including phenoxy) is 1. The highest BCUT2D eigenvalue weighted by molar-refractivity contribution is 6.30. The molecule has 1 aliphatic heterocycles. The lowest BCUT2D eigenvalue weighted by Gasteiger charge is -2.09. The van der Waals surface area contributed by atoms with Crippen molar-refractivity contribution in [2.45, 2.75) is 19.6 Å². The molecule has 0 amide bonds. The molecule has 0 saturated carbocycles. The summed E-state index contributed by atoms with van der Waals surface area (Å²) in [6.45, 7) is 1.67. The van der Waals surface area contributed by atoms with Crippen LogP contribution in [0.2, 0.25) is 5.15 Å². The minimum Gasteiger partial charge on any atom is -0.376 e. The van der Waals surface area contributed by atoms with Crippen LogP contribution in [0.4, 0.5) is 4.39 Å². The smallest absolute Gasteiger partial charge is 0.133 e. The van der Waals surface area contributed by atoms with Crippen LogP contribution >= 0.6 is 11.6 Å². The number of nitrogens with zero attached hydrogens (tertiary/aromatic N) is 2. The highest BCUT2D eigenvalue weighted by atomic mass is 35.5. The zero-order valence-corrected chi connectivity index (χ0v) is 10.5. The molecule has 0 N–H and O–H groups in total. The van der Waals surface area contributed by atoms with E-state index < -0.39 is 0 Å². The highest BCUT2D eigenvalue weighted by Crippen LogP contribution is 2.25. The Morgan fingerprint density at radius 2 is 2.33 bits per heavy atom. The SMILES string of the molecule is Fc1cccc(Cn2nc3c(c2Cl)COCC3)c1. The Balaban J connectivity index is 1.91. The van der Waals surface area contributed by atoms with Crippen LogP contribution in [0.25, 0.3) is 0 Å². The van der Waals surface area contributed by atoms with Crippen LogP contribution in [0, 0.1) is 5.82 Å². The molecule has 0 bridgehead atoms. The zero-order valence-electron chi connectivity index (χ0n) is 9.70. The Bertz CT molecular complexity index is 582. The molecule has 2 aromatic rings. The molecule has 1 aliphatic rings. The molecule has 0 radical (unpaired) electrons. The minimum atomic E-state index is -0.246. The van der Waals surface area contributed by atoms with Gasteiger partial charge in [-0.15, -0.1) is 0 Å². The third-order valence-corrected chi connectivity index (χ3v) is 3.44. The molecule has 0 aliphatic carbocycles. The summed E-state index contributed by atoms with van der Waals surface area (Å²) in [6.07, 6.45) is 0.783. The van der Waals surface area contributed by atoms with Crippen LogP contribution in [-0.4, -0.2) is 16.4 Å². The molecule has 0 saturated heterocycles. The average Bonchev–Trinajstić information content (AvgIpc) is 2.67. The fraction of sp³-hybridized carbons (Fsp3) is 0.308. The summed E-state index contributed by atoms with van der Waals surface area (Å²) in [5, 5.41) is 5.05. The normalized spacial score (nSPS) is 14.6. The molecule has 1 aromatic carbocycles. The Hall–Kier alpha value is -1.39. The summed E-state index contributed by atoms with van der Waals surface area (Å²) in [5.74, 6) is -0.246. The van der Waals surface area contributed by atoms with E-state index in [-0.39, 0.29) is 5.82 Å². The predicted octanol–water partition coefficient (Wildman–Crippen LogP) is 2.80. The molecule has 2 heterocycles. The summed E-state index contributed by atoms with van der Waals surface area (Å²) in [6, 6.07) is 6.46. The summed E-state index contributed by atoms with van der Waals surface area (Å²) >= 11 is 6.26. The maximum absolute atomic E-state index is 13.1. The summed E-state index contributed by atoms with van der Waals surface area (Å²) in [7, 11) is 0. The van der Waals surface area contributed by atoms with Crippen molar-refractivity contribution in [3.05, 3.63) is 52.1 Å². The third kappa shape index (κ3) is 2.13. The second-order valence-electron chi connectivity index (χ2n) is 4.31. The van der Waals surface area contributed by atoms with Gasteiger partial charge < -0.3 is 4.74 Å². The topological polar surface area (TPSA) is 27.1 Å². The molecule has 5 heteroatoms. The molecular weight excluding hydrogens is 255 g/mol. The number of hydrogen-bond acceptors (Lipinski definition) is 2. The van der Waals surface area contributed by atoms with Crippen LogP contribution in [-0.2, 0) is 24.3 Å². The van der Waals surface area contributed by atoms with Gasteiger partial charge in [0.05, 0.1) is 25.5 Å². The lowest BCUT2D eigenvalue weighted by molar-refractivity contribution is 0.110. The van der Waals surface area contributed by atoms with Gasteiger partial charge in [0.2, 0.25) is 0 Å². The first-order chi connectivity index (χ1) is 8.74. The van der Waals surface area contributed by atoms with Crippen molar-refractivity contribution in [2.24, 2.45) is 0 Å². The van der Waals surface area contributed by atoms with Crippen molar-refractivity contribution in [3.63, 3.8) is 0 Å². The molecule has 0 spiro atoms. The van der Waals surface area contributed by atoms with Gasteiger partial charge in [0, 0.05) is 12.0 Å². The molecule has 18 heavy (non-hydrogen) atoms. The number of fused-ring (bicyclic) bond motifs is 1. The van der Waals surface area contributed by atoms with E-state index in [0.717, 1.165) is 23.2 Å². The Labute approximate surface area is 109 Å². The average molecular weight is 267 g/mol. The van der Waals surface area contributed by atoms with Crippen molar-refractivity contribution in [1.82, 2.24) is 9.78 Å². The number of aromatic nitrogens is 2. The molecular formula is C13H12ClFN2O. The van der Waals surface area contributed by atoms with Crippen LogP contribution in [0.3, 0.4) is 0 Å². The predicted molar refractivity (Wildman–Crippen MR) is 66.1 cm³/mol. The van der Waals surface area contributed by atoms with E-state index >= 15 is 0 Å². The van der Waals surface area contributed by atoms with Gasteiger partial charge in [-0.1, -0.05) is 23.7 Å². The summed E-state index contributed by atoms with van der Waals surface area (Å²) in [5.41, 5.74) is 2.79. The molecule has 3 rings (SSSR count). The molecule has 94 valence electrons. The Morgan fingerprint density at radius 3 is 3.11 bits per heavy atom. The van der Waals surface area contributed by atoms with Gasteiger partial charge in [-0.2, -0.15) is 5.10 Å². The zero-order chi connectivity index (χ0) is 12.5. The van der Waals surface area contributed by atoms with Crippen molar-refractivity contribution >= 4 is 11.6 Å². The van der Waals surface area contributed by atoms with Crippen molar-refractivity contribution in [1.29, 1.82) is 0 Å². The second-order valence-corrected chi connectivity index (χ2v) is 4.66. The first kappa shape index (κ1) is 11.7. The van der Waals surface area contributed by atoms with Crippen molar-refractivity contribution in [2.75, 3.05) is 6.61 Å². The van der Waals surface area contributed by atoms with E-state index in [1.54, 1.807) is 10.7 Å². The van der Waals surface area contributed by atoms with Gasteiger partial charge in [0.1, 0.15) is 11.0 Å². The van der Waals surface area contributed by atoms with Gasteiger partial charge in [0.25, 0.3) is 0 Å². The largest absolute Gasteiger partial charge is 0.376 e. The van der Waals surface area contributed by atoms with Crippen molar-refractivity contribution in [3.8, 4) is 0 Å². The van der Waals surface area contributed by atoms with E-state index in [1.807, 2.05) is 6.07 Å². The number of benzene rings is 1. The third-order valence-electron chi connectivity index (χ3n) is 3.02. The lowest BCUT2D eigenvalue weighted by atomic mass is 10.2. The van der Waals surface area contributed by atoms with Gasteiger partial charge in [-0.05, 0) is 17.7 Å². The molecule has 0 unspecified atom stereocenters. The van der Waals surface area contributed by atoms with Crippen LogP contribution < -0.4 is 0 Å². The van der Waals surface area contributed by atoms with Gasteiger partial charge in [0.15, 0.2) is 0 Å². The van der Waals surface area contributed by atoms with E-state index in [1.165, 1.54) is 12.1 Å². The molecule has 1 aromatic heterocycles. The van der Waals surface area contributed by atoms with Gasteiger partial charge in [-0.3, -0.25) is 0 Å². The van der Waals surface area contributed by atoms with Gasteiger partial charge in [-0.25, -0.2) is 9.07 Å². The summed E-state index contributed by atoms with van der Waals surface area (Å²) in [4.78, 5) is 0. The highest BCUT2D eigenvalue weighted by Gasteiger charge is 2.19. The van der Waals surface area contributed by atoms with E-state index in [0.29, 0.717) is 24.9 Å². The number of hydrogen-bond donors (Lipinski definition) is 0. The monoisotopic (exact) mass is 266 g/mol. The second kappa shape index (κ2) is 4.71. The lowest BCUT2D eigenvalue weighted by Crippen LogP contribution is -2.08.